The number of pyridine rings is 1. The summed E-state index contributed by atoms with van der Waals surface area (Å²) >= 11 is 0. The minimum Gasteiger partial charge on any atom is -0.379 e. The van der Waals surface area contributed by atoms with Crippen LogP contribution in [0.1, 0.15) is 46.7 Å². The predicted octanol–water partition coefficient (Wildman–Crippen LogP) is 2.42. The maximum atomic E-state index is 13.1. The standard InChI is InChI=1S/C24H29N5O4S/c1-17-15-20(22-23(26-17)29-10-4-2-3-5-21(29)27-22)24(30)25-16-18-6-8-19(9-7-18)34(31,32)28-11-13-33-14-12-28/h6-9,15H,2-5,10-14,16H2,1H3,(H,25,30). The van der Waals surface area contributed by atoms with E-state index in [1.165, 1.54) is 10.7 Å². The van der Waals surface area contributed by atoms with E-state index in [1.807, 2.05) is 6.92 Å². The van der Waals surface area contributed by atoms with Crippen LogP contribution >= 0.6 is 0 Å². The SMILES string of the molecule is Cc1cc(C(=O)NCc2ccc(S(=O)(=O)N3CCOCC3)cc2)c2nc3n(c2n1)CCCCC3. The highest BCUT2D eigenvalue weighted by molar-refractivity contribution is 7.89. The molecule has 0 spiro atoms. The van der Waals surface area contributed by atoms with Crippen LogP contribution in [-0.4, -0.2) is 59.5 Å². The summed E-state index contributed by atoms with van der Waals surface area (Å²) in [4.78, 5) is 22.8. The topological polar surface area (TPSA) is 106 Å². The van der Waals surface area contributed by atoms with Gasteiger partial charge in [-0.05, 0) is 43.5 Å². The summed E-state index contributed by atoms with van der Waals surface area (Å²) < 4.78 is 34.4. The number of aromatic nitrogens is 3. The average molecular weight is 484 g/mol. The van der Waals surface area contributed by atoms with Crippen molar-refractivity contribution in [2.75, 3.05) is 26.3 Å². The molecule has 9 nitrogen and oxygen atoms in total. The number of morpholine rings is 1. The molecule has 0 saturated carbocycles. The van der Waals surface area contributed by atoms with E-state index < -0.39 is 10.0 Å². The van der Waals surface area contributed by atoms with Gasteiger partial charge in [-0.25, -0.2) is 18.4 Å². The van der Waals surface area contributed by atoms with Crippen molar-refractivity contribution in [2.45, 2.75) is 50.6 Å². The first-order chi connectivity index (χ1) is 16.4. The molecule has 2 aliphatic rings. The van der Waals surface area contributed by atoms with E-state index in [9.17, 15) is 13.2 Å². The molecule has 1 fully saturated rings. The molecule has 1 aromatic carbocycles. The fourth-order valence-corrected chi connectivity index (χ4v) is 5.99. The number of hydrogen-bond acceptors (Lipinski definition) is 6. The Morgan fingerprint density at radius 3 is 2.59 bits per heavy atom. The van der Waals surface area contributed by atoms with Crippen LogP contribution < -0.4 is 5.32 Å². The number of fused-ring (bicyclic) bond motifs is 3. The van der Waals surface area contributed by atoms with Crippen molar-refractivity contribution in [3.8, 4) is 0 Å². The number of hydrogen-bond donors (Lipinski definition) is 1. The van der Waals surface area contributed by atoms with Crippen molar-refractivity contribution >= 4 is 27.1 Å². The van der Waals surface area contributed by atoms with E-state index in [1.54, 1.807) is 30.3 Å². The monoisotopic (exact) mass is 483 g/mol. The molecule has 3 aromatic rings. The Labute approximate surface area is 199 Å². The van der Waals surface area contributed by atoms with Crippen LogP contribution in [0.5, 0.6) is 0 Å². The van der Waals surface area contributed by atoms with E-state index in [4.69, 9.17) is 9.72 Å². The number of carbonyl (C=O) groups is 1. The van der Waals surface area contributed by atoms with Gasteiger partial charge in [0.15, 0.2) is 5.65 Å². The van der Waals surface area contributed by atoms with Crippen LogP contribution in [0.4, 0.5) is 0 Å². The van der Waals surface area contributed by atoms with Gasteiger partial charge >= 0.3 is 0 Å². The van der Waals surface area contributed by atoms with E-state index in [-0.39, 0.29) is 17.3 Å². The highest BCUT2D eigenvalue weighted by Crippen LogP contribution is 2.24. The van der Waals surface area contributed by atoms with Gasteiger partial charge in [0.25, 0.3) is 5.91 Å². The maximum Gasteiger partial charge on any atom is 0.253 e. The lowest BCUT2D eigenvalue weighted by Gasteiger charge is -2.26. The Bertz CT molecular complexity index is 1310. The van der Waals surface area contributed by atoms with Gasteiger partial charge in [-0.3, -0.25) is 4.79 Å². The molecule has 1 amide bonds. The van der Waals surface area contributed by atoms with Crippen molar-refractivity contribution in [3.05, 3.63) is 53.0 Å². The second-order valence-corrected chi connectivity index (χ2v) is 10.8. The van der Waals surface area contributed by atoms with Crippen LogP contribution in [0.25, 0.3) is 11.2 Å². The molecular formula is C24H29N5O4S. The molecule has 0 atom stereocenters. The summed E-state index contributed by atoms with van der Waals surface area (Å²) in [6.07, 6.45) is 4.26. The minimum absolute atomic E-state index is 0.214. The number of nitrogens with one attached hydrogen (secondary N) is 1. The van der Waals surface area contributed by atoms with E-state index in [0.717, 1.165) is 48.5 Å². The summed E-state index contributed by atoms with van der Waals surface area (Å²) in [5.41, 5.74) is 3.54. The van der Waals surface area contributed by atoms with Gasteiger partial charge in [0, 0.05) is 38.3 Å². The fourth-order valence-electron chi connectivity index (χ4n) is 4.58. The average Bonchev–Trinajstić information content (AvgIpc) is 3.03. The zero-order valence-electron chi connectivity index (χ0n) is 19.3. The molecule has 0 aliphatic carbocycles. The Morgan fingerprint density at radius 1 is 1.06 bits per heavy atom. The number of rotatable bonds is 5. The van der Waals surface area contributed by atoms with Crippen LogP contribution in [0.3, 0.4) is 0 Å². The van der Waals surface area contributed by atoms with E-state index in [0.29, 0.717) is 37.4 Å². The molecule has 5 rings (SSSR count). The second-order valence-electron chi connectivity index (χ2n) is 8.82. The summed E-state index contributed by atoms with van der Waals surface area (Å²) in [7, 11) is -3.54. The van der Waals surface area contributed by atoms with Crippen molar-refractivity contribution < 1.29 is 17.9 Å². The number of sulfonamides is 1. The smallest absolute Gasteiger partial charge is 0.253 e. The van der Waals surface area contributed by atoms with Crippen molar-refractivity contribution in [2.24, 2.45) is 0 Å². The van der Waals surface area contributed by atoms with Gasteiger partial charge in [0.2, 0.25) is 10.0 Å². The molecule has 4 heterocycles. The number of carbonyl (C=O) groups excluding carboxylic acids is 1. The van der Waals surface area contributed by atoms with Crippen LogP contribution in [0.2, 0.25) is 0 Å². The van der Waals surface area contributed by atoms with Gasteiger partial charge in [0.05, 0.1) is 23.7 Å². The van der Waals surface area contributed by atoms with Gasteiger partial charge in [-0.1, -0.05) is 18.6 Å². The third-order valence-electron chi connectivity index (χ3n) is 6.42. The third kappa shape index (κ3) is 4.45. The lowest BCUT2D eigenvalue weighted by Crippen LogP contribution is -2.40. The second kappa shape index (κ2) is 9.44. The van der Waals surface area contributed by atoms with Crippen LogP contribution in [0.15, 0.2) is 35.2 Å². The zero-order chi connectivity index (χ0) is 23.7. The Balaban J connectivity index is 1.32. The highest BCUT2D eigenvalue weighted by Gasteiger charge is 2.26. The number of aryl methyl sites for hydroxylation is 3. The summed E-state index contributed by atoms with van der Waals surface area (Å²) in [5, 5.41) is 2.96. The Hall–Kier alpha value is -2.82. The third-order valence-corrected chi connectivity index (χ3v) is 8.33. The molecule has 1 saturated heterocycles. The number of amides is 1. The first kappa shape index (κ1) is 22.9. The van der Waals surface area contributed by atoms with Crippen molar-refractivity contribution in [1.29, 1.82) is 0 Å². The quantitative estimate of drug-likeness (QED) is 0.597. The van der Waals surface area contributed by atoms with E-state index >= 15 is 0 Å². The molecule has 0 bridgehead atoms. The summed E-state index contributed by atoms with van der Waals surface area (Å²) in [6.45, 7) is 4.58. The number of benzene rings is 1. The highest BCUT2D eigenvalue weighted by atomic mass is 32.2. The van der Waals surface area contributed by atoms with Gasteiger partial charge in [0.1, 0.15) is 11.3 Å². The van der Waals surface area contributed by atoms with Gasteiger partial charge < -0.3 is 14.6 Å². The number of ether oxygens (including phenoxy) is 1. The van der Waals surface area contributed by atoms with Crippen molar-refractivity contribution in [3.63, 3.8) is 0 Å². The van der Waals surface area contributed by atoms with Gasteiger partial charge in [-0.2, -0.15) is 4.31 Å². The molecule has 2 aromatic heterocycles. The van der Waals surface area contributed by atoms with Gasteiger partial charge in [-0.15, -0.1) is 0 Å². The molecular weight excluding hydrogens is 454 g/mol. The summed E-state index contributed by atoms with van der Waals surface area (Å²) in [6, 6.07) is 8.43. The van der Waals surface area contributed by atoms with Crippen LogP contribution in [-0.2, 0) is 34.3 Å². The molecule has 0 radical (unpaired) electrons. The normalized spacial score (nSPS) is 17.3. The zero-order valence-corrected chi connectivity index (χ0v) is 20.1. The summed E-state index contributed by atoms with van der Waals surface area (Å²) in [5.74, 6) is 0.783. The maximum absolute atomic E-state index is 13.1. The number of nitrogens with zero attached hydrogens (tertiary/aromatic N) is 4. The number of imidazole rings is 1. The molecule has 10 heteroatoms. The Morgan fingerprint density at radius 2 is 1.82 bits per heavy atom. The van der Waals surface area contributed by atoms with E-state index in [2.05, 4.69) is 14.9 Å². The van der Waals surface area contributed by atoms with Crippen LogP contribution in [0, 0.1) is 6.92 Å². The largest absolute Gasteiger partial charge is 0.379 e. The first-order valence-electron chi connectivity index (χ1n) is 11.8. The molecule has 2 aliphatic heterocycles. The lowest BCUT2D eigenvalue weighted by atomic mass is 10.1. The molecule has 34 heavy (non-hydrogen) atoms. The lowest BCUT2D eigenvalue weighted by molar-refractivity contribution is 0.0730. The molecule has 180 valence electrons. The Kier molecular flexibility index (Phi) is 6.37. The minimum atomic E-state index is -3.54. The predicted molar refractivity (Wildman–Crippen MR) is 127 cm³/mol. The van der Waals surface area contributed by atoms with Crippen molar-refractivity contribution in [1.82, 2.24) is 24.2 Å². The fraction of sp³-hybridized carbons (Fsp3) is 0.458. The molecule has 1 N–H and O–H groups in total. The first-order valence-corrected chi connectivity index (χ1v) is 13.2. The molecule has 0 unspecified atom stereocenters.